The molecule has 0 saturated heterocycles. The van der Waals surface area contributed by atoms with Crippen LogP contribution in [0, 0.1) is 6.92 Å². The molecule has 0 saturated carbocycles. The number of thioether (sulfide) groups is 1. The first-order chi connectivity index (χ1) is 11.1. The number of H-pyrrole nitrogens is 1. The van der Waals surface area contributed by atoms with Crippen LogP contribution in [0.25, 0.3) is 0 Å². The topological polar surface area (TPSA) is 41.6 Å². The largest absolute Gasteiger partial charge is 0.337 e. The Morgan fingerprint density at radius 2 is 1.70 bits per heavy atom. The maximum Gasteiger partial charge on any atom is 0.166 e. The molecule has 2 aromatic heterocycles. The summed E-state index contributed by atoms with van der Waals surface area (Å²) in [6, 6.07) is 14.0. The molecular formula is C17H15Cl2N3S. The fourth-order valence-electron chi connectivity index (χ4n) is 2.25. The predicted molar refractivity (Wildman–Crippen MR) is 96.4 cm³/mol. The lowest BCUT2D eigenvalue weighted by Crippen LogP contribution is -1.90. The summed E-state index contributed by atoms with van der Waals surface area (Å²) in [5.74, 6) is 0.736. The Bertz CT molecular complexity index is 783. The van der Waals surface area contributed by atoms with Gasteiger partial charge in [0.2, 0.25) is 0 Å². The number of rotatable bonds is 5. The molecule has 0 unspecified atom stereocenters. The van der Waals surface area contributed by atoms with Gasteiger partial charge in [-0.15, -0.1) is 0 Å². The van der Waals surface area contributed by atoms with E-state index in [1.54, 1.807) is 11.8 Å². The summed E-state index contributed by atoms with van der Waals surface area (Å²) in [4.78, 5) is 12.0. The monoisotopic (exact) mass is 363 g/mol. The number of aryl methyl sites for hydroxylation is 1. The molecule has 0 amide bonds. The lowest BCUT2D eigenvalue weighted by Gasteiger charge is -2.01. The molecule has 23 heavy (non-hydrogen) atoms. The van der Waals surface area contributed by atoms with Crippen molar-refractivity contribution in [2.45, 2.75) is 24.3 Å². The zero-order chi connectivity index (χ0) is 16.2. The fraction of sp³-hybridized carbons (Fsp3) is 0.176. The third kappa shape index (κ3) is 4.50. The SMILES string of the molecule is Cc1[nH]c(SCc2cc(Cl)nc(Cl)c2)nc1Cc1ccccc1. The Morgan fingerprint density at radius 1 is 1.00 bits per heavy atom. The van der Waals surface area contributed by atoms with Crippen LogP contribution in [0.5, 0.6) is 0 Å². The smallest absolute Gasteiger partial charge is 0.166 e. The standard InChI is InChI=1S/C17H15Cl2N3S/c1-11-14(7-12-5-3-2-4-6-12)21-17(20-11)23-10-13-8-15(18)22-16(19)9-13/h2-6,8-9H,7,10H2,1H3,(H,20,21). The molecule has 2 heterocycles. The summed E-state index contributed by atoms with van der Waals surface area (Å²) < 4.78 is 0. The van der Waals surface area contributed by atoms with Gasteiger partial charge in [0.05, 0.1) is 5.69 Å². The highest BCUT2D eigenvalue weighted by molar-refractivity contribution is 7.98. The van der Waals surface area contributed by atoms with E-state index < -0.39 is 0 Å². The third-order valence-corrected chi connectivity index (χ3v) is 4.71. The molecule has 6 heteroatoms. The highest BCUT2D eigenvalue weighted by Gasteiger charge is 2.09. The number of halogens is 2. The van der Waals surface area contributed by atoms with Crippen LogP contribution in [0.3, 0.4) is 0 Å². The van der Waals surface area contributed by atoms with Gasteiger partial charge in [-0.2, -0.15) is 0 Å². The van der Waals surface area contributed by atoms with Gasteiger partial charge in [-0.3, -0.25) is 0 Å². The van der Waals surface area contributed by atoms with E-state index in [1.165, 1.54) is 5.56 Å². The Morgan fingerprint density at radius 3 is 2.39 bits per heavy atom. The fourth-order valence-corrected chi connectivity index (χ4v) is 3.62. The van der Waals surface area contributed by atoms with Crippen LogP contribution in [0.15, 0.2) is 47.6 Å². The van der Waals surface area contributed by atoms with Gasteiger partial charge in [0, 0.05) is 17.9 Å². The number of aromatic amines is 1. The number of nitrogens with zero attached hydrogens (tertiary/aromatic N) is 2. The van der Waals surface area contributed by atoms with Crippen molar-refractivity contribution in [3.63, 3.8) is 0 Å². The number of benzene rings is 1. The highest BCUT2D eigenvalue weighted by Crippen LogP contribution is 2.25. The van der Waals surface area contributed by atoms with E-state index in [2.05, 4.69) is 29.0 Å². The van der Waals surface area contributed by atoms with Gasteiger partial charge in [-0.1, -0.05) is 65.3 Å². The van der Waals surface area contributed by atoms with Crippen molar-refractivity contribution in [2.24, 2.45) is 0 Å². The van der Waals surface area contributed by atoms with Crippen molar-refractivity contribution in [3.05, 3.63) is 75.3 Å². The number of hydrogen-bond donors (Lipinski definition) is 1. The summed E-state index contributed by atoms with van der Waals surface area (Å²) in [5.41, 5.74) is 4.46. The Balaban J connectivity index is 1.68. The maximum atomic E-state index is 5.92. The van der Waals surface area contributed by atoms with Crippen molar-refractivity contribution in [1.29, 1.82) is 0 Å². The first kappa shape index (κ1) is 16.4. The number of nitrogens with one attached hydrogen (secondary N) is 1. The average molecular weight is 364 g/mol. The van der Waals surface area contributed by atoms with Crippen molar-refractivity contribution in [2.75, 3.05) is 0 Å². The van der Waals surface area contributed by atoms with Crippen LogP contribution in [0.1, 0.15) is 22.5 Å². The summed E-state index contributed by atoms with van der Waals surface area (Å²) in [6.45, 7) is 2.05. The molecule has 0 spiro atoms. The van der Waals surface area contributed by atoms with E-state index in [9.17, 15) is 0 Å². The zero-order valence-electron chi connectivity index (χ0n) is 12.5. The Hall–Kier alpha value is -1.49. The molecule has 0 fully saturated rings. The number of aromatic nitrogens is 3. The van der Waals surface area contributed by atoms with E-state index in [0.29, 0.717) is 10.3 Å². The minimum absolute atomic E-state index is 0.411. The number of hydrogen-bond acceptors (Lipinski definition) is 3. The lowest BCUT2D eigenvalue weighted by molar-refractivity contribution is 1.01. The third-order valence-electron chi connectivity index (χ3n) is 3.38. The van der Waals surface area contributed by atoms with Crippen LogP contribution in [0.2, 0.25) is 10.3 Å². The van der Waals surface area contributed by atoms with Crippen LogP contribution < -0.4 is 0 Å². The summed E-state index contributed by atoms with van der Waals surface area (Å²) in [7, 11) is 0. The van der Waals surface area contributed by atoms with E-state index in [0.717, 1.165) is 34.3 Å². The minimum Gasteiger partial charge on any atom is -0.337 e. The first-order valence-electron chi connectivity index (χ1n) is 7.14. The normalized spacial score (nSPS) is 10.9. The average Bonchev–Trinajstić information content (AvgIpc) is 2.85. The van der Waals surface area contributed by atoms with Gasteiger partial charge in [-0.25, -0.2) is 9.97 Å². The quantitative estimate of drug-likeness (QED) is 0.493. The molecule has 3 rings (SSSR count). The van der Waals surface area contributed by atoms with Gasteiger partial charge in [0.15, 0.2) is 5.16 Å². The first-order valence-corrected chi connectivity index (χ1v) is 8.88. The number of imidazole rings is 1. The molecular weight excluding hydrogens is 349 g/mol. The van der Waals surface area contributed by atoms with Gasteiger partial charge in [0.1, 0.15) is 10.3 Å². The molecule has 0 aliphatic heterocycles. The molecule has 3 aromatic rings. The van der Waals surface area contributed by atoms with E-state index in [1.807, 2.05) is 30.3 Å². The summed E-state index contributed by atoms with van der Waals surface area (Å²) in [6.07, 6.45) is 0.830. The number of pyridine rings is 1. The Labute approximate surface area is 149 Å². The highest BCUT2D eigenvalue weighted by atomic mass is 35.5. The van der Waals surface area contributed by atoms with Crippen molar-refractivity contribution in [1.82, 2.24) is 15.0 Å². The van der Waals surface area contributed by atoms with Gasteiger partial charge < -0.3 is 4.98 Å². The maximum absolute atomic E-state index is 5.92. The van der Waals surface area contributed by atoms with E-state index >= 15 is 0 Å². The molecule has 0 radical (unpaired) electrons. The van der Waals surface area contributed by atoms with Crippen LogP contribution in [-0.4, -0.2) is 15.0 Å². The van der Waals surface area contributed by atoms with Gasteiger partial charge in [-0.05, 0) is 30.2 Å². The summed E-state index contributed by atoms with van der Waals surface area (Å²) >= 11 is 13.5. The van der Waals surface area contributed by atoms with Crippen LogP contribution in [-0.2, 0) is 12.2 Å². The van der Waals surface area contributed by atoms with Crippen molar-refractivity contribution < 1.29 is 0 Å². The minimum atomic E-state index is 0.411. The van der Waals surface area contributed by atoms with Crippen LogP contribution in [0.4, 0.5) is 0 Å². The molecule has 0 aliphatic carbocycles. The zero-order valence-corrected chi connectivity index (χ0v) is 14.8. The molecule has 118 valence electrons. The van der Waals surface area contributed by atoms with Crippen molar-refractivity contribution >= 4 is 35.0 Å². The molecule has 3 nitrogen and oxygen atoms in total. The lowest BCUT2D eigenvalue weighted by atomic mass is 10.1. The van der Waals surface area contributed by atoms with E-state index in [4.69, 9.17) is 28.2 Å². The molecule has 0 bridgehead atoms. The van der Waals surface area contributed by atoms with Gasteiger partial charge >= 0.3 is 0 Å². The van der Waals surface area contributed by atoms with Crippen molar-refractivity contribution in [3.8, 4) is 0 Å². The predicted octanol–water partition coefficient (Wildman–Crippen LogP) is 5.30. The summed E-state index contributed by atoms with van der Waals surface area (Å²) in [5, 5.41) is 1.72. The van der Waals surface area contributed by atoms with Crippen LogP contribution >= 0.6 is 35.0 Å². The molecule has 1 aromatic carbocycles. The second kappa shape index (κ2) is 7.39. The second-order valence-corrected chi connectivity index (χ2v) is 6.92. The van der Waals surface area contributed by atoms with E-state index in [-0.39, 0.29) is 0 Å². The van der Waals surface area contributed by atoms with Gasteiger partial charge in [0.25, 0.3) is 0 Å². The Kier molecular flexibility index (Phi) is 5.26. The molecule has 1 N–H and O–H groups in total. The second-order valence-electron chi connectivity index (χ2n) is 5.19. The molecule has 0 aliphatic rings. The molecule has 0 atom stereocenters.